The number of hydrogen-bond acceptors (Lipinski definition) is 3. The number of ether oxygens (including phenoxy) is 1. The van der Waals surface area contributed by atoms with E-state index in [0.717, 1.165) is 18.8 Å². The van der Waals surface area contributed by atoms with Crippen LogP contribution in [0.5, 0.6) is 5.75 Å². The molecule has 0 spiro atoms. The molecule has 0 saturated carbocycles. The molecule has 0 amide bonds. The van der Waals surface area contributed by atoms with Gasteiger partial charge in [-0.05, 0) is 45.8 Å². The third kappa shape index (κ3) is 4.21. The maximum atomic E-state index is 5.54. The molecule has 1 fully saturated rings. The number of nitrogens with zero attached hydrogens (tertiary/aromatic N) is 1. The molecule has 1 heterocycles. The van der Waals surface area contributed by atoms with Crippen LogP contribution in [0.4, 0.5) is 0 Å². The van der Waals surface area contributed by atoms with Gasteiger partial charge in [0.2, 0.25) is 0 Å². The maximum absolute atomic E-state index is 5.54. The lowest BCUT2D eigenvalue weighted by atomic mass is 9.95. The zero-order valence-corrected chi connectivity index (χ0v) is 14.0. The Morgan fingerprint density at radius 1 is 1.38 bits per heavy atom. The third-order valence-corrected chi connectivity index (χ3v) is 4.58. The molecule has 0 aliphatic carbocycles. The van der Waals surface area contributed by atoms with Crippen molar-refractivity contribution in [3.63, 3.8) is 0 Å². The Bertz CT molecular complexity index is 447. The van der Waals surface area contributed by atoms with Gasteiger partial charge in [-0.2, -0.15) is 0 Å². The Morgan fingerprint density at radius 2 is 2.19 bits per heavy atom. The first-order valence-corrected chi connectivity index (χ1v) is 8.26. The molecule has 2 unspecified atom stereocenters. The highest BCUT2D eigenvalue weighted by molar-refractivity contribution is 5.36. The topological polar surface area (TPSA) is 24.5 Å². The van der Waals surface area contributed by atoms with Gasteiger partial charge in [0.1, 0.15) is 5.75 Å². The zero-order valence-electron chi connectivity index (χ0n) is 14.0. The Hall–Kier alpha value is -1.06. The highest BCUT2D eigenvalue weighted by Crippen LogP contribution is 2.26. The van der Waals surface area contributed by atoms with Gasteiger partial charge in [0.15, 0.2) is 0 Å². The first kappa shape index (κ1) is 16.3. The first-order chi connectivity index (χ1) is 10.2. The van der Waals surface area contributed by atoms with Crippen LogP contribution < -0.4 is 10.1 Å². The number of methoxy groups -OCH3 is 1. The van der Waals surface area contributed by atoms with Gasteiger partial charge in [-0.1, -0.05) is 31.0 Å². The van der Waals surface area contributed by atoms with Crippen molar-refractivity contribution in [3.8, 4) is 5.75 Å². The van der Waals surface area contributed by atoms with Crippen molar-refractivity contribution in [1.29, 1.82) is 0 Å². The highest BCUT2D eigenvalue weighted by Gasteiger charge is 2.27. The molecule has 0 radical (unpaired) electrons. The lowest BCUT2D eigenvalue weighted by Crippen LogP contribution is -2.50. The number of hydrogen-bond donors (Lipinski definition) is 1. The van der Waals surface area contributed by atoms with Crippen molar-refractivity contribution in [1.82, 2.24) is 10.2 Å². The molecule has 0 aromatic heterocycles. The van der Waals surface area contributed by atoms with Crippen LogP contribution in [0.25, 0.3) is 0 Å². The summed E-state index contributed by atoms with van der Waals surface area (Å²) in [5, 5.41) is 3.60. The number of rotatable bonds is 6. The van der Waals surface area contributed by atoms with Crippen LogP contribution in [0.3, 0.4) is 0 Å². The minimum atomic E-state index is 0.547. The van der Waals surface area contributed by atoms with E-state index in [4.69, 9.17) is 4.74 Å². The quantitative estimate of drug-likeness (QED) is 0.869. The van der Waals surface area contributed by atoms with Gasteiger partial charge < -0.3 is 10.1 Å². The van der Waals surface area contributed by atoms with Gasteiger partial charge >= 0.3 is 0 Å². The molecule has 1 aliphatic heterocycles. The predicted molar refractivity (Wildman–Crippen MR) is 88.9 cm³/mol. The first-order valence-electron chi connectivity index (χ1n) is 8.26. The third-order valence-electron chi connectivity index (χ3n) is 4.58. The van der Waals surface area contributed by atoms with Crippen molar-refractivity contribution in [2.45, 2.75) is 58.7 Å². The van der Waals surface area contributed by atoms with Crippen LogP contribution in [-0.4, -0.2) is 37.2 Å². The Morgan fingerprint density at radius 3 is 2.90 bits per heavy atom. The fourth-order valence-corrected chi connectivity index (χ4v) is 3.49. The molecule has 3 heteroatoms. The Labute approximate surface area is 129 Å². The van der Waals surface area contributed by atoms with E-state index >= 15 is 0 Å². The molecule has 21 heavy (non-hydrogen) atoms. The fraction of sp³-hybridized carbons (Fsp3) is 0.667. The van der Waals surface area contributed by atoms with Crippen molar-refractivity contribution in [2.24, 2.45) is 0 Å². The summed E-state index contributed by atoms with van der Waals surface area (Å²) in [6, 6.07) is 7.66. The molecule has 1 aliphatic rings. The number of likely N-dealkylation sites (tertiary alicyclic amines) is 1. The van der Waals surface area contributed by atoms with Crippen LogP contribution in [0.15, 0.2) is 18.2 Å². The van der Waals surface area contributed by atoms with Gasteiger partial charge in [-0.15, -0.1) is 0 Å². The Kier molecular flexibility index (Phi) is 6.07. The number of aryl methyl sites for hydroxylation is 1. The fourth-order valence-electron chi connectivity index (χ4n) is 3.49. The van der Waals surface area contributed by atoms with Gasteiger partial charge in [-0.3, -0.25) is 4.90 Å². The molecule has 2 rings (SSSR count). The Balaban J connectivity index is 2.13. The van der Waals surface area contributed by atoms with E-state index in [-0.39, 0.29) is 0 Å². The molecule has 1 aromatic rings. The van der Waals surface area contributed by atoms with Gasteiger partial charge in [0.25, 0.3) is 0 Å². The summed E-state index contributed by atoms with van der Waals surface area (Å²) >= 11 is 0. The van der Waals surface area contributed by atoms with E-state index in [1.807, 2.05) is 0 Å². The average molecular weight is 290 g/mol. The van der Waals surface area contributed by atoms with Crippen LogP contribution in [0.1, 0.15) is 44.2 Å². The number of piperidine rings is 1. The van der Waals surface area contributed by atoms with Crippen LogP contribution in [-0.2, 0) is 6.54 Å². The van der Waals surface area contributed by atoms with Gasteiger partial charge in [0, 0.05) is 24.2 Å². The predicted octanol–water partition coefficient (Wildman–Crippen LogP) is 3.36. The van der Waals surface area contributed by atoms with Crippen LogP contribution >= 0.6 is 0 Å². The van der Waals surface area contributed by atoms with Crippen molar-refractivity contribution >= 4 is 0 Å². The van der Waals surface area contributed by atoms with Crippen molar-refractivity contribution in [3.05, 3.63) is 29.3 Å². The maximum Gasteiger partial charge on any atom is 0.123 e. The lowest BCUT2D eigenvalue weighted by molar-refractivity contribution is 0.111. The highest BCUT2D eigenvalue weighted by atomic mass is 16.5. The summed E-state index contributed by atoms with van der Waals surface area (Å²) < 4.78 is 5.54. The summed E-state index contributed by atoms with van der Waals surface area (Å²) in [5.41, 5.74) is 2.62. The van der Waals surface area contributed by atoms with E-state index in [9.17, 15) is 0 Å². The van der Waals surface area contributed by atoms with Crippen LogP contribution in [0.2, 0.25) is 0 Å². The van der Waals surface area contributed by atoms with E-state index < -0.39 is 0 Å². The summed E-state index contributed by atoms with van der Waals surface area (Å²) in [4.78, 5) is 2.63. The SMILES string of the molecule is CCNC(C)C1CCCCN1Cc1cc(C)ccc1OC. The number of nitrogens with one attached hydrogen (secondary N) is 1. The molecule has 0 bridgehead atoms. The minimum absolute atomic E-state index is 0.547. The smallest absolute Gasteiger partial charge is 0.123 e. The second-order valence-corrected chi connectivity index (χ2v) is 6.20. The number of benzene rings is 1. The molecule has 118 valence electrons. The van der Waals surface area contributed by atoms with E-state index in [0.29, 0.717) is 12.1 Å². The summed E-state index contributed by atoms with van der Waals surface area (Å²) in [6.45, 7) is 9.88. The monoisotopic (exact) mass is 290 g/mol. The standard InChI is InChI=1S/C18H30N2O/c1-5-19-15(3)17-8-6-7-11-20(17)13-16-12-14(2)9-10-18(16)21-4/h9-10,12,15,17,19H,5-8,11,13H2,1-4H3. The molecule has 1 saturated heterocycles. The van der Waals surface area contributed by atoms with Gasteiger partial charge in [0.05, 0.1) is 7.11 Å². The molecule has 1 N–H and O–H groups in total. The largest absolute Gasteiger partial charge is 0.496 e. The van der Waals surface area contributed by atoms with Crippen molar-refractivity contribution in [2.75, 3.05) is 20.2 Å². The van der Waals surface area contributed by atoms with Crippen LogP contribution in [0, 0.1) is 6.92 Å². The second kappa shape index (κ2) is 7.81. The lowest BCUT2D eigenvalue weighted by Gasteiger charge is -2.39. The normalized spacial score (nSPS) is 21.2. The van der Waals surface area contributed by atoms with E-state index in [1.54, 1.807) is 7.11 Å². The van der Waals surface area contributed by atoms with E-state index in [1.165, 1.54) is 36.9 Å². The van der Waals surface area contributed by atoms with E-state index in [2.05, 4.69) is 49.2 Å². The molecular weight excluding hydrogens is 260 g/mol. The second-order valence-electron chi connectivity index (χ2n) is 6.20. The summed E-state index contributed by atoms with van der Waals surface area (Å²) in [6.07, 6.45) is 3.95. The molecular formula is C18H30N2O. The summed E-state index contributed by atoms with van der Waals surface area (Å²) in [5.74, 6) is 1.01. The molecule has 2 atom stereocenters. The molecule has 3 nitrogen and oxygen atoms in total. The molecule has 1 aromatic carbocycles. The minimum Gasteiger partial charge on any atom is -0.496 e. The zero-order chi connectivity index (χ0) is 15.2. The van der Waals surface area contributed by atoms with Gasteiger partial charge in [-0.25, -0.2) is 0 Å². The average Bonchev–Trinajstić information content (AvgIpc) is 2.48. The van der Waals surface area contributed by atoms with Crippen molar-refractivity contribution < 1.29 is 4.74 Å². The summed E-state index contributed by atoms with van der Waals surface area (Å²) in [7, 11) is 1.77. The number of likely N-dealkylation sites (N-methyl/N-ethyl adjacent to an activating group) is 1.